The van der Waals surface area contributed by atoms with Gasteiger partial charge in [0.05, 0.1) is 24.5 Å². The van der Waals surface area contributed by atoms with Crippen molar-refractivity contribution < 1.29 is 9.47 Å². The van der Waals surface area contributed by atoms with Crippen molar-refractivity contribution in [2.24, 2.45) is 7.05 Å². The van der Waals surface area contributed by atoms with Crippen molar-refractivity contribution in [3.8, 4) is 11.5 Å². The van der Waals surface area contributed by atoms with Gasteiger partial charge in [-0.15, -0.1) is 0 Å². The second-order valence-corrected chi connectivity index (χ2v) is 4.64. The van der Waals surface area contributed by atoms with Crippen molar-refractivity contribution in [1.82, 2.24) is 9.55 Å². The lowest BCUT2D eigenvalue weighted by Crippen LogP contribution is -1.95. The molecule has 3 rings (SSSR count). The zero-order valence-electron chi connectivity index (χ0n) is 11.5. The molecule has 0 radical (unpaired) electrons. The minimum atomic E-state index is 0.530. The highest BCUT2D eigenvalue weighted by atomic mass is 16.5. The first-order valence-corrected chi connectivity index (χ1v) is 6.43. The Balaban J connectivity index is 1.72. The summed E-state index contributed by atoms with van der Waals surface area (Å²) in [5.74, 6) is 1.68. The molecular formula is C16H16N2O2. The molecule has 4 heteroatoms. The molecule has 3 aromatic rings. The van der Waals surface area contributed by atoms with Gasteiger partial charge in [0.25, 0.3) is 0 Å². The van der Waals surface area contributed by atoms with Crippen molar-refractivity contribution in [2.75, 3.05) is 7.11 Å². The van der Waals surface area contributed by atoms with Gasteiger partial charge in [-0.3, -0.25) is 0 Å². The number of hydrogen-bond donors (Lipinski definition) is 0. The molecule has 0 aliphatic rings. The normalized spacial score (nSPS) is 10.7. The average Bonchev–Trinajstić information content (AvgIpc) is 2.87. The molecule has 0 unspecified atom stereocenters. The first kappa shape index (κ1) is 12.5. The van der Waals surface area contributed by atoms with Gasteiger partial charge in [-0.2, -0.15) is 0 Å². The molecule has 0 aliphatic carbocycles. The van der Waals surface area contributed by atoms with E-state index in [-0.39, 0.29) is 0 Å². The summed E-state index contributed by atoms with van der Waals surface area (Å²) in [6, 6.07) is 13.8. The maximum absolute atomic E-state index is 5.79. The van der Waals surface area contributed by atoms with Gasteiger partial charge in [0.2, 0.25) is 0 Å². The van der Waals surface area contributed by atoms with E-state index >= 15 is 0 Å². The second kappa shape index (κ2) is 5.25. The maximum Gasteiger partial charge on any atom is 0.122 e. The Hall–Kier alpha value is -2.49. The number of aryl methyl sites for hydroxylation is 1. The Labute approximate surface area is 117 Å². The predicted octanol–water partition coefficient (Wildman–Crippen LogP) is 3.16. The molecule has 0 bridgehead atoms. The number of ether oxygens (including phenoxy) is 2. The number of hydrogen-bond acceptors (Lipinski definition) is 3. The summed E-state index contributed by atoms with van der Waals surface area (Å²) in [6.07, 6.45) is 1.80. The van der Waals surface area contributed by atoms with Crippen LogP contribution in [0.4, 0.5) is 0 Å². The zero-order valence-corrected chi connectivity index (χ0v) is 11.5. The fraction of sp³-hybridized carbons (Fsp3) is 0.188. The fourth-order valence-electron chi connectivity index (χ4n) is 2.09. The van der Waals surface area contributed by atoms with Crippen LogP contribution in [0.25, 0.3) is 11.0 Å². The highest BCUT2D eigenvalue weighted by molar-refractivity contribution is 5.76. The van der Waals surface area contributed by atoms with Gasteiger partial charge >= 0.3 is 0 Å². The Bertz CT molecular complexity index is 717. The van der Waals surface area contributed by atoms with E-state index in [1.807, 2.05) is 54.1 Å². The van der Waals surface area contributed by atoms with E-state index in [0.717, 1.165) is 28.1 Å². The lowest BCUT2D eigenvalue weighted by molar-refractivity contribution is 0.306. The highest BCUT2D eigenvalue weighted by Crippen LogP contribution is 2.20. The lowest BCUT2D eigenvalue weighted by Gasteiger charge is -2.07. The standard InChI is InChI=1S/C16H16N2O2/c1-18-11-17-15-9-14(7-8-16(15)18)20-10-12-3-5-13(19-2)6-4-12/h3-9,11H,10H2,1-2H3. The van der Waals surface area contributed by atoms with E-state index in [1.165, 1.54) is 0 Å². The zero-order chi connectivity index (χ0) is 13.9. The second-order valence-electron chi connectivity index (χ2n) is 4.64. The van der Waals surface area contributed by atoms with Gasteiger partial charge in [0, 0.05) is 13.1 Å². The van der Waals surface area contributed by atoms with E-state index in [2.05, 4.69) is 4.98 Å². The van der Waals surface area contributed by atoms with Crippen molar-refractivity contribution in [3.63, 3.8) is 0 Å². The summed E-state index contributed by atoms with van der Waals surface area (Å²) < 4.78 is 12.9. The number of imidazole rings is 1. The number of methoxy groups -OCH3 is 1. The third-order valence-electron chi connectivity index (χ3n) is 3.26. The molecule has 0 saturated heterocycles. The number of nitrogens with zero attached hydrogens (tertiary/aromatic N) is 2. The first-order chi connectivity index (χ1) is 9.76. The summed E-state index contributed by atoms with van der Waals surface area (Å²) in [5.41, 5.74) is 3.15. The number of aromatic nitrogens is 2. The summed E-state index contributed by atoms with van der Waals surface area (Å²) in [5, 5.41) is 0. The highest BCUT2D eigenvalue weighted by Gasteiger charge is 2.02. The summed E-state index contributed by atoms with van der Waals surface area (Å²) >= 11 is 0. The largest absolute Gasteiger partial charge is 0.497 e. The molecule has 0 spiro atoms. The minimum absolute atomic E-state index is 0.530. The fourth-order valence-corrected chi connectivity index (χ4v) is 2.09. The molecule has 0 atom stereocenters. The molecule has 2 aromatic carbocycles. The van der Waals surface area contributed by atoms with E-state index in [1.54, 1.807) is 13.4 Å². The van der Waals surface area contributed by atoms with Crippen molar-refractivity contribution in [1.29, 1.82) is 0 Å². The van der Waals surface area contributed by atoms with Crippen LogP contribution in [0.2, 0.25) is 0 Å². The van der Waals surface area contributed by atoms with Gasteiger partial charge in [-0.25, -0.2) is 4.98 Å². The summed E-state index contributed by atoms with van der Waals surface area (Å²) in [4.78, 5) is 4.32. The van der Waals surface area contributed by atoms with Crippen LogP contribution >= 0.6 is 0 Å². The van der Waals surface area contributed by atoms with Crippen LogP contribution in [-0.2, 0) is 13.7 Å². The van der Waals surface area contributed by atoms with Crippen LogP contribution in [0.15, 0.2) is 48.8 Å². The van der Waals surface area contributed by atoms with E-state index in [4.69, 9.17) is 9.47 Å². The molecule has 0 N–H and O–H groups in total. The molecule has 20 heavy (non-hydrogen) atoms. The van der Waals surface area contributed by atoms with Gasteiger partial charge in [0.1, 0.15) is 18.1 Å². The van der Waals surface area contributed by atoms with E-state index < -0.39 is 0 Å². The SMILES string of the molecule is COc1ccc(COc2ccc3c(c2)ncn3C)cc1. The van der Waals surface area contributed by atoms with Crippen LogP contribution in [0.3, 0.4) is 0 Å². The van der Waals surface area contributed by atoms with Gasteiger partial charge in [-0.05, 0) is 29.8 Å². The van der Waals surface area contributed by atoms with E-state index in [0.29, 0.717) is 6.61 Å². The van der Waals surface area contributed by atoms with Gasteiger partial charge in [0.15, 0.2) is 0 Å². The van der Waals surface area contributed by atoms with Crippen molar-refractivity contribution in [2.45, 2.75) is 6.61 Å². The van der Waals surface area contributed by atoms with Gasteiger partial charge in [-0.1, -0.05) is 12.1 Å². The summed E-state index contributed by atoms with van der Waals surface area (Å²) in [6.45, 7) is 0.530. The summed E-state index contributed by atoms with van der Waals surface area (Å²) in [7, 11) is 3.64. The lowest BCUT2D eigenvalue weighted by atomic mass is 10.2. The molecular weight excluding hydrogens is 252 g/mol. The Kier molecular flexibility index (Phi) is 3.29. The van der Waals surface area contributed by atoms with E-state index in [9.17, 15) is 0 Å². The van der Waals surface area contributed by atoms with Gasteiger partial charge < -0.3 is 14.0 Å². The number of benzene rings is 2. The molecule has 1 heterocycles. The quantitative estimate of drug-likeness (QED) is 0.729. The minimum Gasteiger partial charge on any atom is -0.497 e. The Morgan fingerprint density at radius 1 is 1.05 bits per heavy atom. The Morgan fingerprint density at radius 3 is 2.55 bits per heavy atom. The van der Waals surface area contributed by atoms with Crippen LogP contribution in [-0.4, -0.2) is 16.7 Å². The third kappa shape index (κ3) is 2.45. The number of rotatable bonds is 4. The maximum atomic E-state index is 5.79. The van der Waals surface area contributed by atoms with Crippen molar-refractivity contribution in [3.05, 3.63) is 54.4 Å². The van der Waals surface area contributed by atoms with Crippen LogP contribution in [0.1, 0.15) is 5.56 Å². The Morgan fingerprint density at radius 2 is 1.80 bits per heavy atom. The number of fused-ring (bicyclic) bond motifs is 1. The molecule has 0 fully saturated rings. The van der Waals surface area contributed by atoms with Crippen LogP contribution in [0.5, 0.6) is 11.5 Å². The molecule has 1 aromatic heterocycles. The smallest absolute Gasteiger partial charge is 0.122 e. The van der Waals surface area contributed by atoms with Crippen LogP contribution < -0.4 is 9.47 Å². The van der Waals surface area contributed by atoms with Crippen LogP contribution in [0, 0.1) is 0 Å². The van der Waals surface area contributed by atoms with Crippen molar-refractivity contribution >= 4 is 11.0 Å². The monoisotopic (exact) mass is 268 g/mol. The topological polar surface area (TPSA) is 36.3 Å². The molecule has 102 valence electrons. The predicted molar refractivity (Wildman–Crippen MR) is 78.0 cm³/mol. The third-order valence-corrected chi connectivity index (χ3v) is 3.26. The average molecular weight is 268 g/mol. The molecule has 0 amide bonds. The molecule has 0 saturated carbocycles. The molecule has 0 aliphatic heterocycles. The first-order valence-electron chi connectivity index (χ1n) is 6.43. The molecule has 4 nitrogen and oxygen atoms in total.